The van der Waals surface area contributed by atoms with Crippen LogP contribution in [-0.4, -0.2) is 87.5 Å². The zero-order valence-corrected chi connectivity index (χ0v) is 19.2. The van der Waals surface area contributed by atoms with E-state index in [9.17, 15) is 5.11 Å². The van der Waals surface area contributed by atoms with Crippen molar-refractivity contribution in [3.63, 3.8) is 0 Å². The minimum atomic E-state index is 0.291. The van der Waals surface area contributed by atoms with Crippen molar-refractivity contribution in [1.29, 1.82) is 0 Å². The monoisotopic (exact) mass is 417 g/mol. The van der Waals surface area contributed by atoms with Gasteiger partial charge in [-0.05, 0) is 59.0 Å². The standard InChI is InChI=1S/C24H43N5O/c1-19(2)28-11-8-22(9-12-28)29-14-13-27(18-23(29)10-15-30)17-21-16-25-26-24(21)20-6-4-3-5-7-20/h16,19-20,22-23,30H,3-15,17-18H2,1-2H3,(H,25,26)/t23-/m1/s1. The Balaban J connectivity index is 1.35. The molecule has 2 aliphatic heterocycles. The molecule has 6 nitrogen and oxygen atoms in total. The van der Waals surface area contributed by atoms with Gasteiger partial charge in [-0.15, -0.1) is 0 Å². The van der Waals surface area contributed by atoms with Gasteiger partial charge in [0.1, 0.15) is 0 Å². The van der Waals surface area contributed by atoms with E-state index in [1.165, 1.54) is 69.3 Å². The number of aliphatic hydroxyl groups excluding tert-OH is 1. The summed E-state index contributed by atoms with van der Waals surface area (Å²) in [5.74, 6) is 0.678. The third-order valence-corrected chi connectivity index (χ3v) is 7.93. The first-order valence-electron chi connectivity index (χ1n) is 12.5. The molecule has 1 aliphatic carbocycles. The van der Waals surface area contributed by atoms with Gasteiger partial charge < -0.3 is 10.0 Å². The fourth-order valence-electron chi connectivity index (χ4n) is 6.13. The molecule has 0 radical (unpaired) electrons. The van der Waals surface area contributed by atoms with Crippen LogP contribution in [0.4, 0.5) is 0 Å². The average molecular weight is 418 g/mol. The molecule has 2 N–H and O–H groups in total. The number of H-pyrrole nitrogens is 1. The van der Waals surface area contributed by atoms with Crippen molar-refractivity contribution >= 4 is 0 Å². The van der Waals surface area contributed by atoms with Gasteiger partial charge in [-0.2, -0.15) is 5.10 Å². The van der Waals surface area contributed by atoms with Crippen LogP contribution in [0.1, 0.15) is 82.4 Å². The highest BCUT2D eigenvalue weighted by Crippen LogP contribution is 2.34. The predicted octanol–water partition coefficient (Wildman–Crippen LogP) is 3.20. The van der Waals surface area contributed by atoms with Crippen LogP contribution in [0.3, 0.4) is 0 Å². The van der Waals surface area contributed by atoms with Gasteiger partial charge >= 0.3 is 0 Å². The molecule has 170 valence electrons. The van der Waals surface area contributed by atoms with Crippen molar-refractivity contribution < 1.29 is 5.11 Å². The molecule has 2 saturated heterocycles. The van der Waals surface area contributed by atoms with Gasteiger partial charge in [0.25, 0.3) is 0 Å². The number of hydrogen-bond acceptors (Lipinski definition) is 5. The summed E-state index contributed by atoms with van der Waals surface area (Å²) in [5.41, 5.74) is 2.81. The minimum absolute atomic E-state index is 0.291. The van der Waals surface area contributed by atoms with Gasteiger partial charge in [0.2, 0.25) is 0 Å². The maximum absolute atomic E-state index is 9.74. The summed E-state index contributed by atoms with van der Waals surface area (Å²) in [4.78, 5) is 7.96. The molecular formula is C24H43N5O. The van der Waals surface area contributed by atoms with E-state index < -0.39 is 0 Å². The molecule has 1 atom stereocenters. The number of aromatic amines is 1. The summed E-state index contributed by atoms with van der Waals surface area (Å²) in [5, 5.41) is 17.5. The lowest BCUT2D eigenvalue weighted by Crippen LogP contribution is -2.58. The summed E-state index contributed by atoms with van der Waals surface area (Å²) >= 11 is 0. The predicted molar refractivity (Wildman–Crippen MR) is 122 cm³/mol. The topological polar surface area (TPSA) is 58.6 Å². The smallest absolute Gasteiger partial charge is 0.0535 e. The fourth-order valence-corrected chi connectivity index (χ4v) is 6.13. The molecule has 0 aromatic carbocycles. The molecule has 0 amide bonds. The Kier molecular flexibility index (Phi) is 7.85. The summed E-state index contributed by atoms with van der Waals surface area (Å²) in [7, 11) is 0. The molecule has 0 bridgehead atoms. The molecule has 30 heavy (non-hydrogen) atoms. The van der Waals surface area contributed by atoms with Crippen LogP contribution in [0.25, 0.3) is 0 Å². The molecule has 0 unspecified atom stereocenters. The molecular weight excluding hydrogens is 374 g/mol. The van der Waals surface area contributed by atoms with Crippen LogP contribution in [0.15, 0.2) is 6.20 Å². The number of aromatic nitrogens is 2. The number of nitrogens with one attached hydrogen (secondary N) is 1. The van der Waals surface area contributed by atoms with Crippen LogP contribution in [-0.2, 0) is 6.54 Å². The Morgan fingerprint density at radius 1 is 1.07 bits per heavy atom. The third kappa shape index (κ3) is 5.26. The van der Waals surface area contributed by atoms with E-state index in [0.29, 0.717) is 30.7 Å². The Morgan fingerprint density at radius 3 is 2.53 bits per heavy atom. The number of aliphatic hydroxyl groups is 1. The Morgan fingerprint density at radius 2 is 1.83 bits per heavy atom. The van der Waals surface area contributed by atoms with Crippen LogP contribution < -0.4 is 0 Å². The molecule has 1 aromatic heterocycles. The number of rotatable bonds is 7. The Bertz CT molecular complexity index is 633. The van der Waals surface area contributed by atoms with Crippen LogP contribution in [0.2, 0.25) is 0 Å². The highest BCUT2D eigenvalue weighted by atomic mass is 16.3. The third-order valence-electron chi connectivity index (χ3n) is 7.93. The molecule has 3 heterocycles. The lowest BCUT2D eigenvalue weighted by molar-refractivity contribution is -0.000126. The first-order chi connectivity index (χ1) is 14.7. The molecule has 1 saturated carbocycles. The van der Waals surface area contributed by atoms with Crippen molar-refractivity contribution in [3.8, 4) is 0 Å². The number of piperidine rings is 1. The zero-order chi connectivity index (χ0) is 20.9. The van der Waals surface area contributed by atoms with E-state index in [-0.39, 0.29) is 0 Å². The van der Waals surface area contributed by atoms with Crippen molar-refractivity contribution in [1.82, 2.24) is 24.9 Å². The van der Waals surface area contributed by atoms with E-state index in [0.717, 1.165) is 32.6 Å². The van der Waals surface area contributed by atoms with Crippen molar-refractivity contribution in [2.45, 2.75) is 95.8 Å². The minimum Gasteiger partial charge on any atom is -0.396 e. The average Bonchev–Trinajstić information content (AvgIpc) is 3.23. The molecule has 4 rings (SSSR count). The molecule has 0 spiro atoms. The van der Waals surface area contributed by atoms with Crippen LogP contribution >= 0.6 is 0 Å². The maximum atomic E-state index is 9.74. The number of piperazine rings is 1. The summed E-state index contributed by atoms with van der Waals surface area (Å²) in [6, 6.07) is 1.82. The number of nitrogens with zero attached hydrogens (tertiary/aromatic N) is 4. The van der Waals surface area contributed by atoms with E-state index >= 15 is 0 Å². The molecule has 1 aromatic rings. The highest BCUT2D eigenvalue weighted by Gasteiger charge is 2.34. The van der Waals surface area contributed by atoms with Gasteiger partial charge in [0.15, 0.2) is 0 Å². The van der Waals surface area contributed by atoms with E-state index in [1.807, 2.05) is 0 Å². The molecule has 6 heteroatoms. The first kappa shape index (κ1) is 22.3. The zero-order valence-electron chi connectivity index (χ0n) is 19.2. The van der Waals surface area contributed by atoms with Gasteiger partial charge in [0, 0.05) is 68.1 Å². The van der Waals surface area contributed by atoms with E-state index in [2.05, 4.69) is 44.9 Å². The van der Waals surface area contributed by atoms with Gasteiger partial charge in [-0.3, -0.25) is 14.9 Å². The highest BCUT2D eigenvalue weighted by molar-refractivity contribution is 5.21. The molecule has 3 fully saturated rings. The van der Waals surface area contributed by atoms with Gasteiger partial charge in [-0.1, -0.05) is 19.3 Å². The summed E-state index contributed by atoms with van der Waals surface area (Å²) in [6.45, 7) is 11.7. The van der Waals surface area contributed by atoms with Crippen molar-refractivity contribution in [2.75, 3.05) is 39.3 Å². The second-order valence-electron chi connectivity index (χ2n) is 10.1. The van der Waals surface area contributed by atoms with Crippen molar-refractivity contribution in [3.05, 3.63) is 17.5 Å². The van der Waals surface area contributed by atoms with E-state index in [1.54, 1.807) is 0 Å². The Hall–Kier alpha value is -0.950. The fraction of sp³-hybridized carbons (Fsp3) is 0.875. The van der Waals surface area contributed by atoms with Gasteiger partial charge in [-0.25, -0.2) is 0 Å². The number of likely N-dealkylation sites (tertiary alicyclic amines) is 1. The first-order valence-corrected chi connectivity index (χ1v) is 12.5. The van der Waals surface area contributed by atoms with E-state index in [4.69, 9.17) is 0 Å². The SMILES string of the molecule is CC(C)N1CCC(N2CCN(Cc3cn[nH]c3C3CCCCC3)C[C@H]2CCO)CC1. The summed E-state index contributed by atoms with van der Waals surface area (Å²) in [6.07, 6.45) is 12.2. The van der Waals surface area contributed by atoms with Crippen molar-refractivity contribution in [2.24, 2.45) is 0 Å². The Labute approximate surface area is 183 Å². The normalized spacial score (nSPS) is 26.6. The quantitative estimate of drug-likeness (QED) is 0.713. The van der Waals surface area contributed by atoms with Crippen LogP contribution in [0.5, 0.6) is 0 Å². The lowest BCUT2D eigenvalue weighted by Gasteiger charge is -2.48. The van der Waals surface area contributed by atoms with Gasteiger partial charge in [0.05, 0.1) is 6.20 Å². The maximum Gasteiger partial charge on any atom is 0.0535 e. The second kappa shape index (κ2) is 10.6. The van der Waals surface area contributed by atoms with Crippen LogP contribution in [0, 0.1) is 0 Å². The lowest BCUT2D eigenvalue weighted by atomic mass is 9.85. The largest absolute Gasteiger partial charge is 0.396 e. The summed E-state index contributed by atoms with van der Waals surface area (Å²) < 4.78 is 0. The second-order valence-corrected chi connectivity index (χ2v) is 10.1. The molecule has 3 aliphatic rings. The number of hydrogen-bond donors (Lipinski definition) is 2.